The van der Waals surface area contributed by atoms with Crippen LogP contribution in [0.25, 0.3) is 11.3 Å². The first-order chi connectivity index (χ1) is 10.9. The quantitative estimate of drug-likeness (QED) is 0.817. The number of hydrogen-bond donors (Lipinski definition) is 0. The zero-order valence-electron chi connectivity index (χ0n) is 12.8. The number of likely N-dealkylation sites (tertiary alicyclic amines) is 1. The van der Waals surface area contributed by atoms with Crippen molar-refractivity contribution in [3.63, 3.8) is 0 Å². The molecule has 1 amide bonds. The third-order valence-electron chi connectivity index (χ3n) is 4.01. The molecular formula is C15H18N4O3S. The summed E-state index contributed by atoms with van der Waals surface area (Å²) >= 11 is 0. The van der Waals surface area contributed by atoms with Gasteiger partial charge in [0.05, 0.1) is 11.4 Å². The Bertz CT molecular complexity index is 801. The Balaban J connectivity index is 1.64. The monoisotopic (exact) mass is 334 g/mol. The number of sulfone groups is 1. The van der Waals surface area contributed by atoms with Gasteiger partial charge in [0.2, 0.25) is 5.91 Å². The number of carbonyl (C=O) groups is 1. The molecule has 0 N–H and O–H groups in total. The van der Waals surface area contributed by atoms with Gasteiger partial charge < -0.3 is 4.90 Å². The predicted octanol–water partition coefficient (Wildman–Crippen LogP) is 0.591. The van der Waals surface area contributed by atoms with Crippen molar-refractivity contribution in [3.05, 3.63) is 36.5 Å². The summed E-state index contributed by atoms with van der Waals surface area (Å²) < 4.78 is 24.6. The lowest BCUT2D eigenvalue weighted by atomic mass is 10.2. The van der Waals surface area contributed by atoms with E-state index in [2.05, 4.69) is 10.3 Å². The Hall–Kier alpha value is -2.22. The van der Waals surface area contributed by atoms with Crippen LogP contribution in [0.5, 0.6) is 0 Å². The second kappa shape index (κ2) is 6.11. The van der Waals surface area contributed by atoms with E-state index >= 15 is 0 Å². The number of nitrogens with zero attached hydrogens (tertiary/aromatic N) is 4. The van der Waals surface area contributed by atoms with Crippen molar-refractivity contribution in [1.29, 1.82) is 0 Å². The molecule has 1 aliphatic heterocycles. The largest absolute Gasteiger partial charge is 0.340 e. The van der Waals surface area contributed by atoms with Gasteiger partial charge in [-0.2, -0.15) is 0 Å². The molecule has 122 valence electrons. The fraction of sp³-hybridized carbons (Fsp3) is 0.400. The molecule has 2 heterocycles. The van der Waals surface area contributed by atoms with Crippen molar-refractivity contribution in [1.82, 2.24) is 19.9 Å². The van der Waals surface area contributed by atoms with Crippen molar-refractivity contribution in [3.8, 4) is 11.3 Å². The van der Waals surface area contributed by atoms with E-state index in [0.29, 0.717) is 18.7 Å². The van der Waals surface area contributed by atoms with E-state index in [1.165, 1.54) is 10.9 Å². The maximum Gasteiger partial charge on any atom is 0.244 e. The van der Waals surface area contributed by atoms with Crippen LogP contribution in [0.3, 0.4) is 0 Å². The van der Waals surface area contributed by atoms with Gasteiger partial charge in [0.15, 0.2) is 9.84 Å². The van der Waals surface area contributed by atoms with Gasteiger partial charge in [-0.05, 0) is 6.42 Å². The Labute approximate surface area is 134 Å². The summed E-state index contributed by atoms with van der Waals surface area (Å²) in [7, 11) is -3.10. The van der Waals surface area contributed by atoms with Crippen molar-refractivity contribution in [2.45, 2.75) is 18.2 Å². The molecule has 1 aromatic heterocycles. The minimum Gasteiger partial charge on any atom is -0.340 e. The molecule has 23 heavy (non-hydrogen) atoms. The molecule has 8 heteroatoms. The number of benzene rings is 1. The Morgan fingerprint density at radius 2 is 2.04 bits per heavy atom. The first-order valence-electron chi connectivity index (χ1n) is 7.35. The highest BCUT2D eigenvalue weighted by atomic mass is 32.2. The lowest BCUT2D eigenvalue weighted by molar-refractivity contribution is -0.130. The van der Waals surface area contributed by atoms with E-state index in [-0.39, 0.29) is 19.0 Å². The summed E-state index contributed by atoms with van der Waals surface area (Å²) in [6.45, 7) is 0.797. The highest BCUT2D eigenvalue weighted by Crippen LogP contribution is 2.17. The fourth-order valence-electron chi connectivity index (χ4n) is 2.66. The van der Waals surface area contributed by atoms with Crippen molar-refractivity contribution >= 4 is 15.7 Å². The van der Waals surface area contributed by atoms with Gasteiger partial charge in [-0.15, -0.1) is 5.10 Å². The lowest BCUT2D eigenvalue weighted by Gasteiger charge is -2.15. The molecule has 2 aromatic rings. The van der Waals surface area contributed by atoms with Crippen molar-refractivity contribution in [2.24, 2.45) is 0 Å². The van der Waals surface area contributed by atoms with E-state index in [1.54, 1.807) is 11.1 Å². The molecule has 7 nitrogen and oxygen atoms in total. The van der Waals surface area contributed by atoms with E-state index in [9.17, 15) is 13.2 Å². The van der Waals surface area contributed by atoms with Gasteiger partial charge >= 0.3 is 0 Å². The highest BCUT2D eigenvalue weighted by Gasteiger charge is 2.32. The van der Waals surface area contributed by atoms with Gasteiger partial charge in [-0.25, -0.2) is 13.1 Å². The Kier molecular flexibility index (Phi) is 4.16. The van der Waals surface area contributed by atoms with E-state index in [0.717, 1.165) is 5.56 Å². The van der Waals surface area contributed by atoms with E-state index in [1.807, 2.05) is 30.3 Å². The molecule has 1 saturated heterocycles. The van der Waals surface area contributed by atoms with Gasteiger partial charge in [-0.3, -0.25) is 4.79 Å². The summed E-state index contributed by atoms with van der Waals surface area (Å²) in [4.78, 5) is 13.9. The average molecular weight is 334 g/mol. The zero-order chi connectivity index (χ0) is 16.4. The van der Waals surface area contributed by atoms with E-state index < -0.39 is 15.1 Å². The van der Waals surface area contributed by atoms with Gasteiger partial charge in [-0.1, -0.05) is 35.5 Å². The molecule has 0 aliphatic carbocycles. The van der Waals surface area contributed by atoms with Crippen LogP contribution in [0.4, 0.5) is 0 Å². The van der Waals surface area contributed by atoms with Gasteiger partial charge in [0, 0.05) is 24.9 Å². The highest BCUT2D eigenvalue weighted by molar-refractivity contribution is 7.91. The zero-order valence-corrected chi connectivity index (χ0v) is 13.6. The normalized spacial score (nSPS) is 18.3. The van der Waals surface area contributed by atoms with Crippen LogP contribution in [0.1, 0.15) is 6.42 Å². The minimum atomic E-state index is -3.10. The standard InChI is InChI=1S/C15H18N4O3S/c1-23(21,22)13-7-8-18(9-13)15(20)11-19-10-14(16-17-19)12-5-3-2-4-6-12/h2-6,10,13H,7-9,11H2,1H3. The van der Waals surface area contributed by atoms with Crippen molar-refractivity contribution < 1.29 is 13.2 Å². The topological polar surface area (TPSA) is 85.2 Å². The van der Waals surface area contributed by atoms with Crippen LogP contribution in [0.15, 0.2) is 36.5 Å². The Morgan fingerprint density at radius 3 is 2.70 bits per heavy atom. The smallest absolute Gasteiger partial charge is 0.244 e. The van der Waals surface area contributed by atoms with Crippen LogP contribution in [0.2, 0.25) is 0 Å². The molecule has 0 bridgehead atoms. The minimum absolute atomic E-state index is 0.0658. The maximum atomic E-state index is 12.3. The third-order valence-corrected chi connectivity index (χ3v) is 5.60. The van der Waals surface area contributed by atoms with Crippen LogP contribution >= 0.6 is 0 Å². The second-order valence-electron chi connectivity index (χ2n) is 5.75. The molecule has 1 aromatic carbocycles. The van der Waals surface area contributed by atoms with Crippen molar-refractivity contribution in [2.75, 3.05) is 19.3 Å². The number of aromatic nitrogens is 3. The lowest BCUT2D eigenvalue weighted by Crippen LogP contribution is -2.34. The Morgan fingerprint density at radius 1 is 1.30 bits per heavy atom. The van der Waals surface area contributed by atoms with Crippen LogP contribution in [-0.2, 0) is 21.2 Å². The molecule has 0 radical (unpaired) electrons. The average Bonchev–Trinajstić information content (AvgIpc) is 3.17. The van der Waals surface area contributed by atoms with E-state index in [4.69, 9.17) is 0 Å². The molecule has 0 spiro atoms. The number of hydrogen-bond acceptors (Lipinski definition) is 5. The molecule has 1 atom stereocenters. The molecule has 1 aliphatic rings. The molecule has 3 rings (SSSR count). The molecule has 0 saturated carbocycles. The summed E-state index contributed by atoms with van der Waals surface area (Å²) in [6, 6.07) is 9.59. The SMILES string of the molecule is CS(=O)(=O)C1CCN(C(=O)Cn2cc(-c3ccccc3)nn2)C1. The summed E-state index contributed by atoms with van der Waals surface area (Å²) in [5, 5.41) is 7.58. The predicted molar refractivity (Wildman–Crippen MR) is 85.3 cm³/mol. The third kappa shape index (κ3) is 3.58. The first-order valence-corrected chi connectivity index (χ1v) is 9.31. The first kappa shape index (κ1) is 15.7. The number of carbonyl (C=O) groups excluding carboxylic acids is 1. The maximum absolute atomic E-state index is 12.3. The fourth-order valence-corrected chi connectivity index (χ4v) is 3.64. The van der Waals surface area contributed by atoms with Crippen LogP contribution < -0.4 is 0 Å². The molecule has 1 fully saturated rings. The number of rotatable bonds is 4. The number of amides is 1. The second-order valence-corrected chi connectivity index (χ2v) is 8.07. The molecule has 1 unspecified atom stereocenters. The summed E-state index contributed by atoms with van der Waals surface area (Å²) in [6.07, 6.45) is 3.43. The van der Waals surface area contributed by atoms with Gasteiger partial charge in [0.1, 0.15) is 12.2 Å². The van der Waals surface area contributed by atoms with Crippen LogP contribution in [-0.4, -0.2) is 58.8 Å². The summed E-state index contributed by atoms with van der Waals surface area (Å²) in [5.41, 5.74) is 1.64. The van der Waals surface area contributed by atoms with Crippen LogP contribution in [0, 0.1) is 0 Å². The van der Waals surface area contributed by atoms with Gasteiger partial charge in [0.25, 0.3) is 0 Å². The molecular weight excluding hydrogens is 316 g/mol. The summed E-state index contributed by atoms with van der Waals surface area (Å²) in [5.74, 6) is -0.138.